The van der Waals surface area contributed by atoms with E-state index in [-0.39, 0.29) is 23.1 Å². The smallest absolute Gasteiger partial charge is 0.328 e. The van der Waals surface area contributed by atoms with Gasteiger partial charge in [0.15, 0.2) is 0 Å². The first kappa shape index (κ1) is 16.8. The van der Waals surface area contributed by atoms with Crippen molar-refractivity contribution in [3.63, 3.8) is 0 Å². The molecule has 110 valence electrons. The van der Waals surface area contributed by atoms with Crippen LogP contribution in [0, 0.1) is 35.0 Å². The van der Waals surface area contributed by atoms with Gasteiger partial charge >= 0.3 is 11.9 Å². The Morgan fingerprint density at radius 3 is 2.09 bits per heavy atom. The second kappa shape index (κ2) is 6.92. The lowest BCUT2D eigenvalue weighted by Gasteiger charge is -2.27. The maximum atomic E-state index is 12.2. The third-order valence-corrected chi connectivity index (χ3v) is 3.19. The van der Waals surface area contributed by atoms with Gasteiger partial charge in [-0.25, -0.2) is 0 Å². The van der Waals surface area contributed by atoms with Crippen molar-refractivity contribution in [3.05, 3.63) is 34.9 Å². The molecular weight excluding hydrogens is 284 g/mol. The molecule has 0 atom stereocenters. The lowest BCUT2D eigenvalue weighted by Crippen LogP contribution is -2.45. The van der Waals surface area contributed by atoms with Crippen LogP contribution in [0.2, 0.25) is 0 Å². The van der Waals surface area contributed by atoms with E-state index in [9.17, 15) is 9.59 Å². The van der Waals surface area contributed by atoms with E-state index in [4.69, 9.17) is 26.4 Å². The van der Waals surface area contributed by atoms with E-state index < -0.39 is 17.4 Å². The number of nitrogens with zero attached hydrogens (tertiary/aromatic N) is 2. The first-order chi connectivity index (χ1) is 10.5. The highest BCUT2D eigenvalue weighted by molar-refractivity contribution is 6.06. The number of benzene rings is 1. The van der Waals surface area contributed by atoms with E-state index >= 15 is 0 Å². The fraction of sp³-hybridized carbons (Fsp3) is 0.250. The van der Waals surface area contributed by atoms with Crippen molar-refractivity contribution < 1.29 is 19.1 Å². The van der Waals surface area contributed by atoms with E-state index in [1.807, 2.05) is 12.1 Å². The Bertz CT molecular complexity index is 716. The number of terminal acetylenes is 1. The summed E-state index contributed by atoms with van der Waals surface area (Å²) in [6.45, 7) is 0. The Labute approximate surface area is 127 Å². The van der Waals surface area contributed by atoms with Crippen molar-refractivity contribution in [1.29, 1.82) is 10.5 Å². The minimum absolute atomic E-state index is 0.0224. The number of hydrogen-bond donors (Lipinski definition) is 0. The molecule has 0 aliphatic carbocycles. The average molecular weight is 296 g/mol. The first-order valence-corrected chi connectivity index (χ1v) is 6.06. The number of carbonyl (C=O) groups is 2. The van der Waals surface area contributed by atoms with Gasteiger partial charge in [0, 0.05) is 6.42 Å². The SMILES string of the molecule is C#CCC(C(=O)OC)(C(=O)OC)c1ccc(C#N)c(C#N)c1. The van der Waals surface area contributed by atoms with Crippen molar-refractivity contribution in [2.75, 3.05) is 14.2 Å². The topological polar surface area (TPSA) is 100 Å². The van der Waals surface area contributed by atoms with Crippen LogP contribution < -0.4 is 0 Å². The van der Waals surface area contributed by atoms with E-state index in [1.54, 1.807) is 0 Å². The van der Waals surface area contributed by atoms with Gasteiger partial charge in [-0.2, -0.15) is 10.5 Å². The van der Waals surface area contributed by atoms with Crippen LogP contribution in [0.25, 0.3) is 0 Å². The Morgan fingerprint density at radius 1 is 1.14 bits per heavy atom. The van der Waals surface area contributed by atoms with E-state index in [1.165, 1.54) is 18.2 Å². The van der Waals surface area contributed by atoms with Crippen molar-refractivity contribution in [1.82, 2.24) is 0 Å². The quantitative estimate of drug-likeness (QED) is 0.467. The van der Waals surface area contributed by atoms with Crippen LogP contribution in [0.3, 0.4) is 0 Å². The van der Waals surface area contributed by atoms with Crippen molar-refractivity contribution in [2.24, 2.45) is 0 Å². The van der Waals surface area contributed by atoms with Crippen LogP contribution in [0.1, 0.15) is 23.1 Å². The lowest BCUT2D eigenvalue weighted by molar-refractivity contribution is -0.161. The van der Waals surface area contributed by atoms with Crippen molar-refractivity contribution >= 4 is 11.9 Å². The summed E-state index contributed by atoms with van der Waals surface area (Å²) < 4.78 is 9.39. The van der Waals surface area contributed by atoms with Crippen molar-refractivity contribution in [2.45, 2.75) is 11.8 Å². The van der Waals surface area contributed by atoms with Gasteiger partial charge in [0.2, 0.25) is 5.41 Å². The second-order valence-electron chi connectivity index (χ2n) is 4.25. The molecule has 6 nitrogen and oxygen atoms in total. The van der Waals surface area contributed by atoms with Gasteiger partial charge in [-0.3, -0.25) is 9.59 Å². The first-order valence-electron chi connectivity index (χ1n) is 6.06. The lowest BCUT2D eigenvalue weighted by atomic mass is 9.76. The molecule has 0 bridgehead atoms. The highest BCUT2D eigenvalue weighted by atomic mass is 16.5. The highest BCUT2D eigenvalue weighted by Crippen LogP contribution is 2.32. The second-order valence-corrected chi connectivity index (χ2v) is 4.25. The summed E-state index contributed by atoms with van der Waals surface area (Å²) in [7, 11) is 2.23. The molecule has 0 heterocycles. The standard InChI is InChI=1S/C16H12N2O4/c1-4-7-16(14(19)21-2,15(20)22-3)13-6-5-11(9-17)12(8-13)10-18/h1,5-6,8H,7H2,2-3H3. The molecule has 0 amide bonds. The average Bonchev–Trinajstić information content (AvgIpc) is 2.57. The van der Waals surface area contributed by atoms with E-state index in [0.29, 0.717) is 0 Å². The van der Waals surface area contributed by atoms with Gasteiger partial charge in [-0.15, -0.1) is 12.3 Å². The molecule has 0 radical (unpaired) electrons. The normalized spacial score (nSPS) is 9.77. The van der Waals surface area contributed by atoms with Crippen LogP contribution in [0.15, 0.2) is 18.2 Å². The molecule has 0 aliphatic heterocycles. The predicted molar refractivity (Wildman–Crippen MR) is 75.0 cm³/mol. The van der Waals surface area contributed by atoms with Gasteiger partial charge in [0.1, 0.15) is 12.1 Å². The Morgan fingerprint density at radius 2 is 1.68 bits per heavy atom. The number of nitriles is 2. The Kier molecular flexibility index (Phi) is 5.27. The summed E-state index contributed by atoms with van der Waals surface area (Å²) in [6.07, 6.45) is 4.98. The largest absolute Gasteiger partial charge is 0.468 e. The minimum atomic E-state index is -1.88. The zero-order valence-corrected chi connectivity index (χ0v) is 12.0. The summed E-state index contributed by atoms with van der Waals surface area (Å²) in [5.74, 6) is 0.459. The number of hydrogen-bond acceptors (Lipinski definition) is 6. The molecule has 6 heteroatoms. The third kappa shape index (κ3) is 2.61. The zero-order chi connectivity index (χ0) is 16.8. The monoisotopic (exact) mass is 296 g/mol. The van der Waals surface area contributed by atoms with E-state index in [0.717, 1.165) is 14.2 Å². The molecule has 1 rings (SSSR count). The number of rotatable bonds is 4. The van der Waals surface area contributed by atoms with Gasteiger partial charge in [-0.05, 0) is 17.7 Å². The fourth-order valence-corrected chi connectivity index (χ4v) is 2.07. The maximum Gasteiger partial charge on any atom is 0.328 e. The van der Waals surface area contributed by atoms with Crippen LogP contribution in [0.5, 0.6) is 0 Å². The number of esters is 2. The third-order valence-electron chi connectivity index (χ3n) is 3.19. The maximum absolute atomic E-state index is 12.2. The molecule has 0 saturated carbocycles. The molecule has 0 aliphatic rings. The van der Waals surface area contributed by atoms with E-state index in [2.05, 4.69) is 5.92 Å². The molecule has 0 spiro atoms. The predicted octanol–water partition coefficient (Wildman–Crippen LogP) is 1.04. The summed E-state index contributed by atoms with van der Waals surface area (Å²) >= 11 is 0. The highest BCUT2D eigenvalue weighted by Gasteiger charge is 2.50. The summed E-state index contributed by atoms with van der Waals surface area (Å²) in [5, 5.41) is 18.0. The zero-order valence-electron chi connectivity index (χ0n) is 12.0. The molecule has 22 heavy (non-hydrogen) atoms. The summed E-state index contributed by atoms with van der Waals surface area (Å²) in [6, 6.07) is 7.67. The van der Waals surface area contributed by atoms with Crippen molar-refractivity contribution in [3.8, 4) is 24.5 Å². The van der Waals surface area contributed by atoms with Gasteiger partial charge in [0.05, 0.1) is 25.3 Å². The Balaban J connectivity index is 3.69. The molecule has 0 unspecified atom stereocenters. The van der Waals surface area contributed by atoms with Crippen LogP contribution >= 0.6 is 0 Å². The van der Waals surface area contributed by atoms with Crippen LogP contribution in [0.4, 0.5) is 0 Å². The minimum Gasteiger partial charge on any atom is -0.468 e. The summed E-state index contributed by atoms with van der Waals surface area (Å²) in [4.78, 5) is 24.4. The molecule has 0 aromatic heterocycles. The summed E-state index contributed by atoms with van der Waals surface area (Å²) in [5.41, 5.74) is -1.60. The Hall–Kier alpha value is -3.30. The van der Waals surface area contributed by atoms with Gasteiger partial charge < -0.3 is 9.47 Å². The van der Waals surface area contributed by atoms with Crippen LogP contribution in [-0.4, -0.2) is 26.2 Å². The number of ether oxygens (including phenoxy) is 2. The molecule has 0 saturated heterocycles. The fourth-order valence-electron chi connectivity index (χ4n) is 2.07. The molecule has 1 aromatic carbocycles. The van der Waals surface area contributed by atoms with Crippen LogP contribution in [-0.2, 0) is 24.5 Å². The molecule has 1 aromatic rings. The molecular formula is C16H12N2O4. The number of methoxy groups -OCH3 is 2. The molecule has 0 N–H and O–H groups in total. The van der Waals surface area contributed by atoms with Gasteiger partial charge in [-0.1, -0.05) is 6.07 Å². The molecule has 0 fully saturated rings. The number of carbonyl (C=O) groups excluding carboxylic acids is 2. The van der Waals surface area contributed by atoms with Gasteiger partial charge in [0.25, 0.3) is 0 Å².